The molecule has 0 spiro atoms. The van der Waals surface area contributed by atoms with E-state index in [-0.39, 0.29) is 17.9 Å². The van der Waals surface area contributed by atoms with Gasteiger partial charge >= 0.3 is 0 Å². The molecule has 0 bridgehead atoms. The van der Waals surface area contributed by atoms with Gasteiger partial charge in [-0.05, 0) is 24.3 Å². The summed E-state index contributed by atoms with van der Waals surface area (Å²) in [6.45, 7) is -0.142. The lowest BCUT2D eigenvalue weighted by Crippen LogP contribution is -2.22. The van der Waals surface area contributed by atoms with Gasteiger partial charge in [-0.25, -0.2) is 4.39 Å². The van der Waals surface area contributed by atoms with Gasteiger partial charge in [0.05, 0.1) is 17.2 Å². The van der Waals surface area contributed by atoms with E-state index in [2.05, 4.69) is 26.6 Å². The van der Waals surface area contributed by atoms with Gasteiger partial charge in [0.15, 0.2) is 0 Å². The lowest BCUT2D eigenvalue weighted by molar-refractivity contribution is -0.384. The maximum Gasteiger partial charge on any atom is 0.271 e. The average molecular weight is 368 g/mol. The summed E-state index contributed by atoms with van der Waals surface area (Å²) < 4.78 is 14.1. The van der Waals surface area contributed by atoms with Crippen molar-refractivity contribution in [2.75, 3.05) is 17.2 Å². The van der Waals surface area contributed by atoms with Crippen LogP contribution in [-0.4, -0.2) is 17.4 Å². The molecule has 0 unspecified atom stereocenters. The maximum atomic E-state index is 13.6. The monoisotopic (exact) mass is 367 g/mol. The minimum atomic E-state index is -0.557. The molecule has 2 aromatic rings. The van der Waals surface area contributed by atoms with E-state index in [4.69, 9.17) is 0 Å². The molecule has 6 nitrogen and oxygen atoms in total. The minimum absolute atomic E-state index is 0.0639. The molecule has 0 fully saturated rings. The van der Waals surface area contributed by atoms with Gasteiger partial charge in [-0.15, -0.1) is 0 Å². The Morgan fingerprint density at radius 2 is 2.05 bits per heavy atom. The van der Waals surface area contributed by atoms with Crippen molar-refractivity contribution >= 4 is 38.9 Å². The quantitative estimate of drug-likeness (QED) is 0.625. The molecule has 0 heterocycles. The molecule has 2 aromatic carbocycles. The highest BCUT2D eigenvalue weighted by Gasteiger charge is 2.09. The van der Waals surface area contributed by atoms with E-state index in [9.17, 15) is 19.3 Å². The summed E-state index contributed by atoms with van der Waals surface area (Å²) >= 11 is 3.12. The molecule has 0 aliphatic heterocycles. The summed E-state index contributed by atoms with van der Waals surface area (Å²) in [5.74, 6) is -1.02. The number of benzene rings is 2. The van der Waals surface area contributed by atoms with Gasteiger partial charge in [0.25, 0.3) is 5.69 Å². The molecule has 2 N–H and O–H groups in total. The summed E-state index contributed by atoms with van der Waals surface area (Å²) in [4.78, 5) is 21.9. The first kappa shape index (κ1) is 15.9. The second kappa shape index (κ2) is 6.99. The highest BCUT2D eigenvalue weighted by Crippen LogP contribution is 2.19. The van der Waals surface area contributed by atoms with Gasteiger partial charge < -0.3 is 10.6 Å². The third-order valence-corrected chi connectivity index (χ3v) is 3.21. The van der Waals surface area contributed by atoms with E-state index in [1.807, 2.05) is 0 Å². The van der Waals surface area contributed by atoms with Crippen LogP contribution >= 0.6 is 15.9 Å². The molecular weight excluding hydrogens is 357 g/mol. The van der Waals surface area contributed by atoms with Gasteiger partial charge in [-0.1, -0.05) is 22.0 Å². The second-order valence-corrected chi connectivity index (χ2v) is 5.25. The van der Waals surface area contributed by atoms with Crippen LogP contribution in [0.2, 0.25) is 0 Å². The molecule has 22 heavy (non-hydrogen) atoms. The molecule has 0 atom stereocenters. The Kier molecular flexibility index (Phi) is 5.05. The van der Waals surface area contributed by atoms with Crippen LogP contribution in [0.1, 0.15) is 0 Å². The standard InChI is InChI=1S/C14H11BrFN3O3/c15-9-4-5-13(12(16)6-9)18-14(20)8-17-10-2-1-3-11(7-10)19(21)22/h1-7,17H,8H2,(H,18,20). The number of hydrogen-bond donors (Lipinski definition) is 2. The van der Waals surface area contributed by atoms with Crippen molar-refractivity contribution in [1.82, 2.24) is 0 Å². The summed E-state index contributed by atoms with van der Waals surface area (Å²) in [5.41, 5.74) is 0.416. The highest BCUT2D eigenvalue weighted by molar-refractivity contribution is 9.10. The van der Waals surface area contributed by atoms with Crippen molar-refractivity contribution in [3.8, 4) is 0 Å². The second-order valence-electron chi connectivity index (χ2n) is 4.33. The van der Waals surface area contributed by atoms with Crippen LogP contribution in [-0.2, 0) is 4.79 Å². The Bertz CT molecular complexity index is 724. The first-order chi connectivity index (χ1) is 10.5. The fourth-order valence-corrected chi connectivity index (χ4v) is 2.03. The number of carbonyl (C=O) groups is 1. The number of nitrogens with zero attached hydrogens (tertiary/aromatic N) is 1. The molecule has 0 aliphatic rings. The van der Waals surface area contributed by atoms with Crippen molar-refractivity contribution in [3.63, 3.8) is 0 Å². The number of non-ortho nitro benzene ring substituents is 1. The number of nitro groups is 1. The van der Waals surface area contributed by atoms with E-state index in [0.29, 0.717) is 10.2 Å². The Morgan fingerprint density at radius 3 is 2.73 bits per heavy atom. The number of carbonyl (C=O) groups excluding carboxylic acids is 1. The third-order valence-electron chi connectivity index (χ3n) is 2.72. The Morgan fingerprint density at radius 1 is 1.27 bits per heavy atom. The molecule has 0 aromatic heterocycles. The molecule has 0 saturated heterocycles. The molecule has 0 saturated carbocycles. The Hall–Kier alpha value is -2.48. The Balaban J connectivity index is 1.95. The average Bonchev–Trinajstić information content (AvgIpc) is 2.48. The van der Waals surface area contributed by atoms with Crippen LogP contribution in [0.5, 0.6) is 0 Å². The number of amides is 1. The fraction of sp³-hybridized carbons (Fsp3) is 0.0714. The maximum absolute atomic E-state index is 13.6. The van der Waals surface area contributed by atoms with E-state index >= 15 is 0 Å². The van der Waals surface area contributed by atoms with Crippen LogP contribution < -0.4 is 10.6 Å². The summed E-state index contributed by atoms with van der Waals surface area (Å²) in [6.07, 6.45) is 0. The first-order valence-electron chi connectivity index (χ1n) is 6.19. The molecule has 0 aliphatic carbocycles. The summed E-state index contributed by atoms with van der Waals surface area (Å²) in [6, 6.07) is 10.0. The smallest absolute Gasteiger partial charge is 0.271 e. The molecule has 8 heteroatoms. The predicted molar refractivity (Wildman–Crippen MR) is 84.3 cm³/mol. The van der Waals surface area contributed by atoms with Gasteiger partial charge in [0.1, 0.15) is 5.82 Å². The fourth-order valence-electron chi connectivity index (χ4n) is 1.70. The number of nitro benzene ring substituents is 1. The van der Waals surface area contributed by atoms with Crippen molar-refractivity contribution < 1.29 is 14.1 Å². The number of nitrogens with one attached hydrogen (secondary N) is 2. The SMILES string of the molecule is O=C(CNc1cccc([N+](=O)[O-])c1)Nc1ccc(Br)cc1F. The molecule has 2 rings (SSSR count). The molecule has 114 valence electrons. The van der Waals surface area contributed by atoms with Crippen LogP contribution in [0.3, 0.4) is 0 Å². The van der Waals surface area contributed by atoms with Crippen molar-refractivity contribution in [3.05, 3.63) is 62.9 Å². The normalized spacial score (nSPS) is 10.1. The summed E-state index contributed by atoms with van der Waals surface area (Å²) in [7, 11) is 0. The Labute approximate surface area is 133 Å². The van der Waals surface area contributed by atoms with Gasteiger partial charge in [-0.3, -0.25) is 14.9 Å². The zero-order valence-electron chi connectivity index (χ0n) is 11.2. The lowest BCUT2D eigenvalue weighted by Gasteiger charge is -2.08. The predicted octanol–water partition coefficient (Wildman–Crippen LogP) is 3.55. The number of anilines is 2. The van der Waals surface area contributed by atoms with E-state index in [1.54, 1.807) is 12.1 Å². The van der Waals surface area contributed by atoms with Crippen molar-refractivity contribution in [2.24, 2.45) is 0 Å². The topological polar surface area (TPSA) is 84.3 Å². The van der Waals surface area contributed by atoms with Crippen molar-refractivity contribution in [2.45, 2.75) is 0 Å². The number of hydrogen-bond acceptors (Lipinski definition) is 4. The van der Waals surface area contributed by atoms with E-state index in [0.717, 1.165) is 0 Å². The van der Waals surface area contributed by atoms with Crippen molar-refractivity contribution in [1.29, 1.82) is 0 Å². The van der Waals surface area contributed by atoms with Crippen LogP contribution in [0, 0.1) is 15.9 Å². The number of rotatable bonds is 5. The van der Waals surface area contributed by atoms with E-state index in [1.165, 1.54) is 30.3 Å². The van der Waals surface area contributed by atoms with Gasteiger partial charge in [0, 0.05) is 22.3 Å². The molecule has 0 radical (unpaired) electrons. The largest absolute Gasteiger partial charge is 0.376 e. The van der Waals surface area contributed by atoms with Crippen LogP contribution in [0.25, 0.3) is 0 Å². The zero-order valence-corrected chi connectivity index (χ0v) is 12.8. The minimum Gasteiger partial charge on any atom is -0.376 e. The summed E-state index contributed by atoms with van der Waals surface area (Å²) in [5, 5.41) is 15.8. The molecular formula is C14H11BrFN3O3. The molecule has 1 amide bonds. The van der Waals surface area contributed by atoms with E-state index < -0.39 is 16.6 Å². The van der Waals surface area contributed by atoms with Gasteiger partial charge in [-0.2, -0.15) is 0 Å². The van der Waals surface area contributed by atoms with Crippen LogP contribution in [0.4, 0.5) is 21.5 Å². The third kappa shape index (κ3) is 4.26. The highest BCUT2D eigenvalue weighted by atomic mass is 79.9. The van der Waals surface area contributed by atoms with Gasteiger partial charge in [0.2, 0.25) is 5.91 Å². The zero-order chi connectivity index (χ0) is 16.1. The number of halogens is 2. The first-order valence-corrected chi connectivity index (χ1v) is 6.98. The van der Waals surface area contributed by atoms with Crippen LogP contribution in [0.15, 0.2) is 46.9 Å². The lowest BCUT2D eigenvalue weighted by atomic mass is 10.3.